The zero-order valence-corrected chi connectivity index (χ0v) is 23.2. The summed E-state index contributed by atoms with van der Waals surface area (Å²) in [6.45, 7) is 6.91. The highest BCUT2D eigenvalue weighted by Gasteiger charge is 2.39. The van der Waals surface area contributed by atoms with Gasteiger partial charge in [-0.3, -0.25) is 0 Å². The Balaban J connectivity index is 1.27. The van der Waals surface area contributed by atoms with Gasteiger partial charge in [-0.2, -0.15) is 5.26 Å². The van der Waals surface area contributed by atoms with Gasteiger partial charge in [0.05, 0.1) is 17.4 Å². The van der Waals surface area contributed by atoms with Crippen molar-refractivity contribution in [1.29, 1.82) is 5.26 Å². The van der Waals surface area contributed by atoms with E-state index in [0.717, 1.165) is 71.9 Å². The van der Waals surface area contributed by atoms with E-state index in [-0.39, 0.29) is 23.6 Å². The molecule has 2 fully saturated rings. The molecule has 7 nitrogen and oxygen atoms in total. The number of likely N-dealkylation sites (tertiary alicyclic amines) is 1. The van der Waals surface area contributed by atoms with Crippen LogP contribution in [0.25, 0.3) is 10.6 Å². The summed E-state index contributed by atoms with van der Waals surface area (Å²) in [5.74, 6) is 0.943. The van der Waals surface area contributed by atoms with Crippen molar-refractivity contribution in [2.24, 2.45) is 11.8 Å². The average Bonchev–Trinajstić information content (AvgIpc) is 3.64. The van der Waals surface area contributed by atoms with Gasteiger partial charge in [-0.25, -0.2) is 13.1 Å². The Bertz CT molecular complexity index is 1330. The van der Waals surface area contributed by atoms with Crippen molar-refractivity contribution in [3.05, 3.63) is 58.1 Å². The van der Waals surface area contributed by atoms with Gasteiger partial charge in [0.15, 0.2) is 0 Å². The fourth-order valence-corrected chi connectivity index (χ4v) is 8.10. The summed E-state index contributed by atoms with van der Waals surface area (Å²) in [5.41, 5.74) is 3.83. The maximum absolute atomic E-state index is 12.8. The van der Waals surface area contributed by atoms with Gasteiger partial charge in [-0.1, -0.05) is 55.5 Å². The Morgan fingerprint density at radius 2 is 2.03 bits per heavy atom. The maximum atomic E-state index is 12.8. The highest BCUT2D eigenvalue weighted by molar-refractivity contribution is 7.89. The van der Waals surface area contributed by atoms with Crippen LogP contribution in [-0.4, -0.2) is 54.9 Å². The number of hydrogen-bond acceptors (Lipinski definition) is 7. The molecule has 2 heterocycles. The minimum atomic E-state index is -3.34. The van der Waals surface area contributed by atoms with E-state index in [2.05, 4.69) is 51.9 Å². The molecule has 2 aliphatic carbocycles. The minimum absolute atomic E-state index is 0.0843. The molecule has 3 atom stereocenters. The molecular formula is C28H35N5O2S2. The number of nitrogens with zero attached hydrogens (tertiary/aromatic N) is 4. The van der Waals surface area contributed by atoms with Crippen molar-refractivity contribution >= 4 is 21.4 Å². The van der Waals surface area contributed by atoms with Crippen molar-refractivity contribution in [2.75, 3.05) is 25.4 Å². The molecule has 1 aromatic heterocycles. The van der Waals surface area contributed by atoms with Crippen LogP contribution in [0.4, 0.5) is 0 Å². The third-order valence-electron chi connectivity index (χ3n) is 7.67. The van der Waals surface area contributed by atoms with Crippen LogP contribution in [-0.2, 0) is 16.4 Å². The van der Waals surface area contributed by atoms with Crippen molar-refractivity contribution < 1.29 is 8.42 Å². The van der Waals surface area contributed by atoms with Gasteiger partial charge in [0, 0.05) is 24.1 Å². The monoisotopic (exact) mass is 537 g/mol. The molecule has 2 aromatic rings. The third-order valence-corrected chi connectivity index (χ3v) is 10.1. The average molecular weight is 538 g/mol. The first kappa shape index (κ1) is 26.2. The second-order valence-electron chi connectivity index (χ2n) is 10.8. The van der Waals surface area contributed by atoms with E-state index in [1.165, 1.54) is 0 Å². The number of rotatable bonds is 9. The number of hydrogen-bond donors (Lipinski definition) is 1. The van der Waals surface area contributed by atoms with Crippen LogP contribution in [0.3, 0.4) is 0 Å². The minimum Gasteiger partial charge on any atom is -0.302 e. The molecule has 0 amide bonds. The van der Waals surface area contributed by atoms with Crippen LogP contribution in [0.2, 0.25) is 0 Å². The topological polar surface area (TPSA) is 99.0 Å². The quantitative estimate of drug-likeness (QED) is 0.500. The van der Waals surface area contributed by atoms with E-state index in [9.17, 15) is 13.7 Å². The highest BCUT2D eigenvalue weighted by Crippen LogP contribution is 2.46. The first-order valence-electron chi connectivity index (χ1n) is 13.3. The normalized spacial score (nSPS) is 23.8. The summed E-state index contributed by atoms with van der Waals surface area (Å²) in [7, 11) is -3.34. The standard InChI is InChI=1S/C28H35N5O2S2/c1-19(2)16-20-8-9-21(17-22(20)18-29)27-30-31-28(36-27)25-7-5-6-24-23(25)10-11-26(24)32-37(34,35)15-14-33-12-3-4-13-33/h5-9,17,19,23,25-26,32H,3-4,10-16H2,1-2H3/t23?,25-,26?/m0/s1. The van der Waals surface area contributed by atoms with Crippen molar-refractivity contribution in [3.8, 4) is 16.6 Å². The lowest BCUT2D eigenvalue weighted by atomic mass is 9.84. The lowest BCUT2D eigenvalue weighted by Crippen LogP contribution is -2.39. The fourth-order valence-electron chi connectivity index (χ4n) is 5.82. The molecule has 5 rings (SSSR count). The Morgan fingerprint density at radius 3 is 2.78 bits per heavy atom. The number of sulfonamides is 1. The number of nitriles is 1. The molecule has 9 heteroatoms. The van der Waals surface area contributed by atoms with E-state index < -0.39 is 10.0 Å². The van der Waals surface area contributed by atoms with E-state index in [1.54, 1.807) is 11.3 Å². The van der Waals surface area contributed by atoms with E-state index in [1.807, 2.05) is 24.3 Å². The highest BCUT2D eigenvalue weighted by atomic mass is 32.2. The van der Waals surface area contributed by atoms with Crippen molar-refractivity contribution in [3.63, 3.8) is 0 Å². The van der Waals surface area contributed by atoms with Gasteiger partial charge in [-0.15, -0.1) is 10.2 Å². The number of aromatic nitrogens is 2. The zero-order valence-electron chi connectivity index (χ0n) is 21.6. The molecule has 1 aromatic carbocycles. The molecule has 0 bridgehead atoms. The zero-order chi connectivity index (χ0) is 26.0. The first-order valence-corrected chi connectivity index (χ1v) is 15.8. The second kappa shape index (κ2) is 11.2. The SMILES string of the molecule is CC(C)Cc1ccc(-c2nnc([C@H]3C=CC=C4C(NS(=O)(=O)CCN5CCCC5)CCC43)s2)cc1C#N. The van der Waals surface area contributed by atoms with Crippen LogP contribution in [0.15, 0.2) is 42.0 Å². The van der Waals surface area contributed by atoms with Crippen LogP contribution in [0.1, 0.15) is 61.6 Å². The Morgan fingerprint density at radius 1 is 1.22 bits per heavy atom. The second-order valence-corrected chi connectivity index (χ2v) is 13.7. The van der Waals surface area contributed by atoms with Crippen LogP contribution < -0.4 is 4.72 Å². The summed E-state index contributed by atoms with van der Waals surface area (Å²) in [5, 5.41) is 20.4. The fraction of sp³-hybridized carbons (Fsp3) is 0.536. The molecule has 2 unspecified atom stereocenters. The number of allylic oxidation sites excluding steroid dienone is 3. The predicted octanol–water partition coefficient (Wildman–Crippen LogP) is 4.65. The van der Waals surface area contributed by atoms with Gasteiger partial charge < -0.3 is 4.90 Å². The molecule has 196 valence electrons. The van der Waals surface area contributed by atoms with Gasteiger partial charge in [-0.05, 0) is 74.2 Å². The molecule has 0 spiro atoms. The summed E-state index contributed by atoms with van der Waals surface area (Å²) in [6.07, 6.45) is 11.2. The maximum Gasteiger partial charge on any atom is 0.213 e. The van der Waals surface area contributed by atoms with Gasteiger partial charge in [0.2, 0.25) is 10.0 Å². The largest absolute Gasteiger partial charge is 0.302 e. The number of benzene rings is 1. The van der Waals surface area contributed by atoms with Crippen LogP contribution in [0.5, 0.6) is 0 Å². The molecule has 1 saturated heterocycles. The Kier molecular flexibility index (Phi) is 7.91. The molecule has 0 radical (unpaired) electrons. The number of fused-ring (bicyclic) bond motifs is 1. The van der Waals surface area contributed by atoms with Crippen LogP contribution >= 0.6 is 11.3 Å². The van der Waals surface area contributed by atoms with Gasteiger partial charge >= 0.3 is 0 Å². The lowest BCUT2D eigenvalue weighted by molar-refractivity contribution is 0.358. The van der Waals surface area contributed by atoms with Gasteiger partial charge in [0.1, 0.15) is 10.0 Å². The summed E-state index contributed by atoms with van der Waals surface area (Å²) < 4.78 is 28.7. The Hall–Kier alpha value is -2.38. The van der Waals surface area contributed by atoms with Crippen LogP contribution in [0, 0.1) is 23.2 Å². The summed E-state index contributed by atoms with van der Waals surface area (Å²) >= 11 is 1.56. The van der Waals surface area contributed by atoms with E-state index >= 15 is 0 Å². The summed E-state index contributed by atoms with van der Waals surface area (Å²) in [6, 6.07) is 8.18. The number of nitrogens with one attached hydrogen (secondary N) is 1. The molecular weight excluding hydrogens is 502 g/mol. The summed E-state index contributed by atoms with van der Waals surface area (Å²) in [4.78, 5) is 2.24. The van der Waals surface area contributed by atoms with E-state index in [4.69, 9.17) is 0 Å². The molecule has 1 aliphatic heterocycles. The Labute approximate surface area is 224 Å². The third kappa shape index (κ3) is 6.04. The predicted molar refractivity (Wildman–Crippen MR) is 148 cm³/mol. The van der Waals surface area contributed by atoms with Crippen molar-refractivity contribution in [2.45, 2.75) is 57.9 Å². The molecule has 1 N–H and O–H groups in total. The molecule has 1 saturated carbocycles. The first-order chi connectivity index (χ1) is 17.8. The van der Waals surface area contributed by atoms with E-state index in [0.29, 0.717) is 18.0 Å². The molecule has 3 aliphatic rings. The van der Waals surface area contributed by atoms with Gasteiger partial charge in [0.25, 0.3) is 0 Å². The lowest BCUT2D eigenvalue weighted by Gasteiger charge is -2.25. The smallest absolute Gasteiger partial charge is 0.213 e. The molecule has 37 heavy (non-hydrogen) atoms. The van der Waals surface area contributed by atoms with Crippen molar-refractivity contribution in [1.82, 2.24) is 19.8 Å².